The second-order valence-corrected chi connectivity index (χ2v) is 4.46. The van der Waals surface area contributed by atoms with Crippen LogP contribution in [-0.4, -0.2) is 21.3 Å². The Bertz CT molecular complexity index is 616. The lowest BCUT2D eigenvalue weighted by atomic mass is 9.90. The minimum Gasteiger partial charge on any atom is -0.496 e. The van der Waals surface area contributed by atoms with E-state index in [4.69, 9.17) is 20.6 Å². The highest BCUT2D eigenvalue weighted by Crippen LogP contribution is 2.41. The average Bonchev–Trinajstić information content (AvgIpc) is 2.56. The van der Waals surface area contributed by atoms with Crippen LogP contribution in [0.15, 0.2) is 42.5 Å². The van der Waals surface area contributed by atoms with Crippen LogP contribution in [0.2, 0.25) is 0 Å². The van der Waals surface area contributed by atoms with Crippen LogP contribution in [-0.2, 0) is 0 Å². The first-order valence-corrected chi connectivity index (χ1v) is 6.56. The van der Waals surface area contributed by atoms with E-state index < -0.39 is 0 Å². The lowest BCUT2D eigenvalue weighted by molar-refractivity contribution is 0.368. The fourth-order valence-electron chi connectivity index (χ4n) is 2.31. The predicted molar refractivity (Wildman–Crippen MR) is 83.2 cm³/mol. The molecule has 0 aliphatic heterocycles. The van der Waals surface area contributed by atoms with Gasteiger partial charge in [-0.2, -0.15) is 0 Å². The Labute approximate surface area is 125 Å². The summed E-state index contributed by atoms with van der Waals surface area (Å²) >= 11 is 0. The molecule has 0 aliphatic carbocycles. The number of methoxy groups -OCH3 is 3. The first-order valence-electron chi connectivity index (χ1n) is 6.56. The summed E-state index contributed by atoms with van der Waals surface area (Å²) in [6.07, 6.45) is 5.76. The van der Waals surface area contributed by atoms with Crippen molar-refractivity contribution in [2.45, 2.75) is 5.92 Å². The summed E-state index contributed by atoms with van der Waals surface area (Å²) in [5.74, 6) is 4.54. The summed E-state index contributed by atoms with van der Waals surface area (Å²) in [4.78, 5) is 0. The number of rotatable bonds is 5. The zero-order chi connectivity index (χ0) is 15.2. The van der Waals surface area contributed by atoms with E-state index >= 15 is 0 Å². The van der Waals surface area contributed by atoms with Gasteiger partial charge in [-0.1, -0.05) is 36.3 Å². The van der Waals surface area contributed by atoms with Gasteiger partial charge in [0.15, 0.2) is 0 Å². The molecule has 0 aliphatic rings. The zero-order valence-electron chi connectivity index (χ0n) is 12.4. The molecular formula is C18H18O3. The van der Waals surface area contributed by atoms with E-state index in [1.807, 2.05) is 42.5 Å². The molecule has 2 aromatic carbocycles. The number of terminal acetylenes is 1. The normalized spacial score (nSPS) is 11.3. The second kappa shape index (κ2) is 6.71. The molecule has 0 spiro atoms. The average molecular weight is 282 g/mol. The minimum absolute atomic E-state index is 0.248. The SMILES string of the molecule is C#CC(c1ccccc1)c1c(OC)cc(OC)cc1OC. The Hall–Kier alpha value is -2.60. The van der Waals surface area contributed by atoms with E-state index in [1.54, 1.807) is 21.3 Å². The first-order chi connectivity index (χ1) is 10.2. The van der Waals surface area contributed by atoms with Gasteiger partial charge in [-0.3, -0.25) is 0 Å². The molecule has 0 saturated carbocycles. The number of benzene rings is 2. The van der Waals surface area contributed by atoms with E-state index in [-0.39, 0.29) is 5.92 Å². The van der Waals surface area contributed by atoms with E-state index in [0.717, 1.165) is 11.1 Å². The van der Waals surface area contributed by atoms with Crippen molar-refractivity contribution in [2.24, 2.45) is 0 Å². The summed E-state index contributed by atoms with van der Waals surface area (Å²) in [7, 11) is 4.82. The molecule has 0 fully saturated rings. The lowest BCUT2D eigenvalue weighted by Gasteiger charge is -2.19. The van der Waals surface area contributed by atoms with Gasteiger partial charge < -0.3 is 14.2 Å². The molecule has 1 unspecified atom stereocenters. The van der Waals surface area contributed by atoms with Crippen molar-refractivity contribution in [2.75, 3.05) is 21.3 Å². The van der Waals surface area contributed by atoms with E-state index in [0.29, 0.717) is 17.2 Å². The van der Waals surface area contributed by atoms with Crippen molar-refractivity contribution in [3.63, 3.8) is 0 Å². The number of ether oxygens (including phenoxy) is 3. The zero-order valence-corrected chi connectivity index (χ0v) is 12.4. The molecule has 2 aromatic rings. The highest BCUT2D eigenvalue weighted by atomic mass is 16.5. The summed E-state index contributed by atoms with van der Waals surface area (Å²) in [5.41, 5.74) is 1.84. The maximum atomic E-state index is 5.76. The van der Waals surface area contributed by atoms with Gasteiger partial charge in [0.25, 0.3) is 0 Å². The predicted octanol–water partition coefficient (Wildman–Crippen LogP) is 3.48. The van der Waals surface area contributed by atoms with Crippen LogP contribution in [0, 0.1) is 12.3 Å². The molecular weight excluding hydrogens is 264 g/mol. The van der Waals surface area contributed by atoms with Crippen LogP contribution < -0.4 is 14.2 Å². The van der Waals surface area contributed by atoms with Crippen LogP contribution in [0.25, 0.3) is 0 Å². The Morgan fingerprint density at radius 1 is 0.905 bits per heavy atom. The molecule has 3 heteroatoms. The molecule has 0 aromatic heterocycles. The molecule has 0 N–H and O–H groups in total. The highest BCUT2D eigenvalue weighted by Gasteiger charge is 2.22. The van der Waals surface area contributed by atoms with Crippen molar-refractivity contribution >= 4 is 0 Å². The fraction of sp³-hybridized carbons (Fsp3) is 0.222. The van der Waals surface area contributed by atoms with Gasteiger partial charge >= 0.3 is 0 Å². The molecule has 1 atom stereocenters. The van der Waals surface area contributed by atoms with Gasteiger partial charge in [0.2, 0.25) is 0 Å². The van der Waals surface area contributed by atoms with Crippen LogP contribution in [0.4, 0.5) is 0 Å². The summed E-state index contributed by atoms with van der Waals surface area (Å²) < 4.78 is 16.2. The monoisotopic (exact) mass is 282 g/mol. The number of hydrogen-bond donors (Lipinski definition) is 0. The molecule has 3 nitrogen and oxygen atoms in total. The largest absolute Gasteiger partial charge is 0.496 e. The van der Waals surface area contributed by atoms with Crippen LogP contribution in [0.1, 0.15) is 17.0 Å². The Morgan fingerprint density at radius 2 is 1.48 bits per heavy atom. The Kier molecular flexibility index (Phi) is 4.73. The van der Waals surface area contributed by atoms with Gasteiger partial charge in [0.1, 0.15) is 17.2 Å². The standard InChI is InChI=1S/C18H18O3/c1-5-15(13-9-7-6-8-10-13)18-16(20-3)11-14(19-2)12-17(18)21-4/h1,6-12,15H,2-4H3. The summed E-state index contributed by atoms with van der Waals surface area (Å²) in [5, 5.41) is 0. The van der Waals surface area contributed by atoms with Gasteiger partial charge in [-0.15, -0.1) is 6.42 Å². The summed E-state index contributed by atoms with van der Waals surface area (Å²) in [6.45, 7) is 0. The van der Waals surface area contributed by atoms with Crippen LogP contribution in [0.5, 0.6) is 17.2 Å². The van der Waals surface area contributed by atoms with E-state index in [2.05, 4.69) is 5.92 Å². The van der Waals surface area contributed by atoms with Crippen molar-refractivity contribution in [1.29, 1.82) is 0 Å². The molecule has 0 amide bonds. The van der Waals surface area contributed by atoms with Gasteiger partial charge in [0, 0.05) is 12.1 Å². The molecule has 108 valence electrons. The molecule has 0 radical (unpaired) electrons. The third kappa shape index (κ3) is 2.95. The molecule has 21 heavy (non-hydrogen) atoms. The minimum atomic E-state index is -0.248. The smallest absolute Gasteiger partial charge is 0.131 e. The van der Waals surface area contributed by atoms with Gasteiger partial charge in [-0.25, -0.2) is 0 Å². The van der Waals surface area contributed by atoms with Crippen molar-refractivity contribution in [3.05, 3.63) is 53.6 Å². The van der Waals surface area contributed by atoms with Crippen molar-refractivity contribution in [1.82, 2.24) is 0 Å². The number of hydrogen-bond acceptors (Lipinski definition) is 3. The Morgan fingerprint density at radius 3 is 1.90 bits per heavy atom. The highest BCUT2D eigenvalue weighted by molar-refractivity contribution is 5.57. The van der Waals surface area contributed by atoms with E-state index in [9.17, 15) is 0 Å². The molecule has 0 heterocycles. The first kappa shape index (κ1) is 14.8. The van der Waals surface area contributed by atoms with Crippen molar-refractivity contribution < 1.29 is 14.2 Å². The third-order valence-corrected chi connectivity index (χ3v) is 3.34. The third-order valence-electron chi connectivity index (χ3n) is 3.34. The van der Waals surface area contributed by atoms with Crippen LogP contribution in [0.3, 0.4) is 0 Å². The van der Waals surface area contributed by atoms with Gasteiger partial charge in [-0.05, 0) is 5.56 Å². The van der Waals surface area contributed by atoms with E-state index in [1.165, 1.54) is 0 Å². The Balaban J connectivity index is 2.63. The topological polar surface area (TPSA) is 27.7 Å². The fourth-order valence-corrected chi connectivity index (χ4v) is 2.31. The van der Waals surface area contributed by atoms with Gasteiger partial charge in [0.05, 0.1) is 32.8 Å². The van der Waals surface area contributed by atoms with Crippen molar-refractivity contribution in [3.8, 4) is 29.6 Å². The summed E-state index contributed by atoms with van der Waals surface area (Å²) in [6, 6.07) is 13.5. The molecule has 2 rings (SSSR count). The second-order valence-electron chi connectivity index (χ2n) is 4.46. The molecule has 0 bridgehead atoms. The quantitative estimate of drug-likeness (QED) is 0.786. The lowest BCUT2D eigenvalue weighted by Crippen LogP contribution is -2.04. The molecule has 0 saturated heterocycles. The maximum absolute atomic E-state index is 5.76. The maximum Gasteiger partial charge on any atom is 0.131 e. The van der Waals surface area contributed by atoms with Crippen LogP contribution >= 0.6 is 0 Å².